The molecule has 308 valence electrons. The van der Waals surface area contributed by atoms with Gasteiger partial charge in [-0.25, -0.2) is 9.36 Å². The number of hydrogen-bond acceptors (Lipinski definition) is 6. The van der Waals surface area contributed by atoms with Crippen molar-refractivity contribution in [3.63, 3.8) is 0 Å². The monoisotopic (exact) mass is 767 g/mol. The van der Waals surface area contributed by atoms with Gasteiger partial charge in [0, 0.05) is 6.08 Å². The number of phosphoric ester groups is 1. The maximum absolute atomic E-state index is 12.6. The maximum atomic E-state index is 12.6. The van der Waals surface area contributed by atoms with E-state index in [0.717, 1.165) is 25.7 Å². The van der Waals surface area contributed by atoms with Gasteiger partial charge in [-0.2, -0.15) is 0 Å². The van der Waals surface area contributed by atoms with Crippen molar-refractivity contribution < 1.29 is 37.6 Å². The van der Waals surface area contributed by atoms with Crippen molar-refractivity contribution in [3.8, 4) is 0 Å². The molecule has 2 unspecified atom stereocenters. The van der Waals surface area contributed by atoms with E-state index in [-0.39, 0.29) is 6.61 Å². The number of phosphoric acid groups is 1. The molecule has 0 aromatic heterocycles. The van der Waals surface area contributed by atoms with E-state index in [1.165, 1.54) is 122 Å². The predicted molar refractivity (Wildman–Crippen MR) is 224 cm³/mol. The fourth-order valence-corrected chi connectivity index (χ4v) is 6.42. The Bertz CT molecular complexity index is 1050. The number of quaternary nitrogens is 1. The summed E-state index contributed by atoms with van der Waals surface area (Å²) in [6.45, 7) is 4.59. The predicted octanol–water partition coefficient (Wildman–Crippen LogP) is 11.9. The van der Waals surface area contributed by atoms with Crippen molar-refractivity contribution >= 4 is 13.8 Å². The first-order valence-electron chi connectivity index (χ1n) is 21.1. The van der Waals surface area contributed by atoms with Gasteiger partial charge in [0.25, 0.3) is 0 Å². The van der Waals surface area contributed by atoms with Crippen LogP contribution in [0.4, 0.5) is 0 Å². The zero-order chi connectivity index (χ0) is 39.3. The molecule has 0 spiro atoms. The second kappa shape index (κ2) is 35.9. The van der Waals surface area contributed by atoms with Crippen molar-refractivity contribution in [1.82, 2.24) is 0 Å². The highest BCUT2D eigenvalue weighted by molar-refractivity contribution is 7.47. The summed E-state index contributed by atoms with van der Waals surface area (Å²) in [7, 11) is 1.45. The minimum Gasteiger partial charge on any atom is -0.454 e. The zero-order valence-electron chi connectivity index (χ0n) is 34.6. The molecule has 0 rings (SSSR count). The van der Waals surface area contributed by atoms with E-state index >= 15 is 0 Å². The number of carbonyl (C=O) groups excluding carboxylic acids is 1. The Kier molecular flexibility index (Phi) is 34.7. The number of ether oxygens (including phenoxy) is 1. The number of nitrogens with zero attached hydrogens (tertiary/aromatic N) is 1. The molecule has 0 radical (unpaired) electrons. The number of rotatable bonds is 37. The number of carbonyl (C=O) groups is 1. The fraction of sp³-hybridized carbons (Fsp3) is 0.750. The third-order valence-electron chi connectivity index (χ3n) is 9.09. The molecule has 0 fully saturated rings. The van der Waals surface area contributed by atoms with E-state index in [2.05, 4.69) is 26.0 Å². The molecule has 0 aromatic carbocycles. The first kappa shape index (κ1) is 51.2. The lowest BCUT2D eigenvalue weighted by atomic mass is 10.0. The number of allylic oxidation sites excluding steroid dienone is 9. The molecule has 0 amide bonds. The maximum Gasteiger partial charge on any atom is 0.472 e. The SMILES string of the molecule is CCCCCCCCCC=CC=CC=CC=CC=CC(=O)O[C@@H](COP(=O)(O)OCC[N+](C)(C)C)C(O)CCCCCCCCCCCCCCCC. The van der Waals surface area contributed by atoms with Gasteiger partial charge >= 0.3 is 13.8 Å². The molecule has 8 nitrogen and oxygen atoms in total. The number of likely N-dealkylation sites (N-methyl/N-ethyl adjacent to an activating group) is 1. The molecular formula is C44H81NO7P+. The van der Waals surface area contributed by atoms with E-state index in [9.17, 15) is 19.4 Å². The summed E-state index contributed by atoms with van der Waals surface area (Å²) in [4.78, 5) is 22.8. The molecule has 0 aliphatic carbocycles. The van der Waals surface area contributed by atoms with E-state index in [4.69, 9.17) is 13.8 Å². The highest BCUT2D eigenvalue weighted by atomic mass is 31.2. The highest BCUT2D eigenvalue weighted by Crippen LogP contribution is 2.43. The summed E-state index contributed by atoms with van der Waals surface area (Å²) >= 11 is 0. The number of unbranched alkanes of at least 4 members (excludes halogenated alkanes) is 20. The summed E-state index contributed by atoms with van der Waals surface area (Å²) in [6, 6.07) is 0. The standard InChI is InChI=1S/C44H80NO7P/c1-6-8-10-12-14-16-18-20-22-23-24-26-28-30-32-34-36-38-44(47)52-43(41-51-53(48,49)50-40-39-45(3,4)5)42(46)37-35-33-31-29-27-25-21-19-17-15-13-11-9-7-2/h22-24,26,28,30,32,34,36,38,42-43,46H,6-21,25,27,29,31,33,35,37,39-41H2,1-5H3/p+1/t42?,43-/m0/s1. The highest BCUT2D eigenvalue weighted by Gasteiger charge is 2.29. The molecule has 0 saturated heterocycles. The van der Waals surface area contributed by atoms with E-state index in [1.807, 2.05) is 45.4 Å². The fourth-order valence-electron chi connectivity index (χ4n) is 5.69. The lowest BCUT2D eigenvalue weighted by Gasteiger charge is -2.25. The molecule has 9 heteroatoms. The van der Waals surface area contributed by atoms with Crippen molar-refractivity contribution in [2.24, 2.45) is 0 Å². The van der Waals surface area contributed by atoms with Crippen LogP contribution in [0.3, 0.4) is 0 Å². The molecule has 0 aromatic rings. The molecule has 0 aliphatic rings. The minimum absolute atomic E-state index is 0.0264. The van der Waals surface area contributed by atoms with Crippen LogP contribution in [0.15, 0.2) is 60.8 Å². The summed E-state index contributed by atoms with van der Waals surface area (Å²) < 4.78 is 28.8. The molecule has 53 heavy (non-hydrogen) atoms. The molecule has 2 N–H and O–H groups in total. The van der Waals surface area contributed by atoms with Crippen molar-refractivity contribution in [1.29, 1.82) is 0 Å². The molecule has 0 bridgehead atoms. The molecule has 0 aliphatic heterocycles. The van der Waals surface area contributed by atoms with E-state index in [0.29, 0.717) is 17.4 Å². The first-order valence-corrected chi connectivity index (χ1v) is 22.6. The van der Waals surface area contributed by atoms with Gasteiger partial charge in [-0.1, -0.05) is 197 Å². The Labute approximate surface area is 326 Å². The van der Waals surface area contributed by atoms with Gasteiger partial charge < -0.3 is 19.2 Å². The Balaban J connectivity index is 4.66. The van der Waals surface area contributed by atoms with Crippen molar-refractivity contribution in [3.05, 3.63) is 60.8 Å². The number of esters is 1. The van der Waals surface area contributed by atoms with Crippen LogP contribution in [0, 0.1) is 0 Å². The molecule has 0 heterocycles. The van der Waals surface area contributed by atoms with Gasteiger partial charge in [-0.05, 0) is 19.3 Å². The lowest BCUT2D eigenvalue weighted by molar-refractivity contribution is -0.870. The number of hydrogen-bond donors (Lipinski definition) is 2. The van der Waals surface area contributed by atoms with Crippen LogP contribution in [0.5, 0.6) is 0 Å². The summed E-state index contributed by atoms with van der Waals surface area (Å²) in [5.41, 5.74) is 0. The zero-order valence-corrected chi connectivity index (χ0v) is 35.5. The normalized spacial score (nSPS) is 15.1. The summed E-state index contributed by atoms with van der Waals surface area (Å²) in [5.74, 6) is -0.669. The van der Waals surface area contributed by atoms with Crippen LogP contribution in [-0.2, 0) is 23.1 Å². The van der Waals surface area contributed by atoms with Crippen LogP contribution >= 0.6 is 7.82 Å². The Morgan fingerprint density at radius 3 is 1.55 bits per heavy atom. The van der Waals surface area contributed by atoms with Gasteiger partial charge in [0.15, 0.2) is 6.10 Å². The number of aliphatic hydroxyl groups excluding tert-OH is 1. The molecule has 0 saturated carbocycles. The smallest absolute Gasteiger partial charge is 0.454 e. The summed E-state index contributed by atoms with van der Waals surface area (Å²) in [6.07, 6.45) is 44.2. The second-order valence-corrected chi connectivity index (χ2v) is 16.8. The van der Waals surface area contributed by atoms with Crippen molar-refractivity contribution in [2.45, 2.75) is 174 Å². The Hall–Kier alpha value is -1.80. The Morgan fingerprint density at radius 1 is 0.623 bits per heavy atom. The van der Waals surface area contributed by atoms with E-state index < -0.39 is 32.6 Å². The van der Waals surface area contributed by atoms with Crippen LogP contribution in [0.25, 0.3) is 0 Å². The number of aliphatic hydroxyl groups is 1. The van der Waals surface area contributed by atoms with Gasteiger partial charge in [0.2, 0.25) is 0 Å². The van der Waals surface area contributed by atoms with Crippen LogP contribution in [0.2, 0.25) is 0 Å². The van der Waals surface area contributed by atoms with Gasteiger partial charge in [0.1, 0.15) is 13.2 Å². The van der Waals surface area contributed by atoms with Gasteiger partial charge in [-0.15, -0.1) is 0 Å². The van der Waals surface area contributed by atoms with Crippen molar-refractivity contribution in [2.75, 3.05) is 40.9 Å². The average molecular weight is 767 g/mol. The third kappa shape index (κ3) is 38.3. The average Bonchev–Trinajstić information content (AvgIpc) is 3.10. The van der Waals surface area contributed by atoms with E-state index in [1.54, 1.807) is 18.2 Å². The second-order valence-electron chi connectivity index (χ2n) is 15.4. The first-order chi connectivity index (χ1) is 25.5. The van der Waals surface area contributed by atoms with Crippen LogP contribution < -0.4 is 0 Å². The quantitative estimate of drug-likeness (QED) is 0.0162. The minimum atomic E-state index is -4.39. The molecular weight excluding hydrogens is 685 g/mol. The summed E-state index contributed by atoms with van der Waals surface area (Å²) in [5, 5.41) is 10.9. The van der Waals surface area contributed by atoms with Gasteiger partial charge in [0.05, 0.1) is 33.9 Å². The Morgan fingerprint density at radius 2 is 1.06 bits per heavy atom. The lowest BCUT2D eigenvalue weighted by Crippen LogP contribution is -2.37. The van der Waals surface area contributed by atoms with Crippen LogP contribution in [-0.4, -0.2) is 73.6 Å². The third-order valence-corrected chi connectivity index (χ3v) is 10.1. The topological polar surface area (TPSA) is 102 Å². The molecule has 3 atom stereocenters. The largest absolute Gasteiger partial charge is 0.472 e. The van der Waals surface area contributed by atoms with Gasteiger partial charge in [-0.3, -0.25) is 9.05 Å². The van der Waals surface area contributed by atoms with Crippen LogP contribution in [0.1, 0.15) is 162 Å².